The quantitative estimate of drug-likeness (QED) is 0.678. The van der Waals surface area contributed by atoms with Crippen LogP contribution in [0.5, 0.6) is 17.2 Å². The summed E-state index contributed by atoms with van der Waals surface area (Å²) >= 11 is 0. The van der Waals surface area contributed by atoms with Gasteiger partial charge in [0.25, 0.3) is 0 Å². The number of anilines is 1. The van der Waals surface area contributed by atoms with Gasteiger partial charge in [0.05, 0.1) is 38.9 Å². The molecule has 2 atom stereocenters. The molecule has 0 heterocycles. The van der Waals surface area contributed by atoms with Crippen LogP contribution in [0.15, 0.2) is 42.5 Å². The van der Waals surface area contributed by atoms with E-state index < -0.39 is 0 Å². The van der Waals surface area contributed by atoms with Crippen molar-refractivity contribution >= 4 is 17.5 Å². The molecule has 3 rings (SSSR count). The van der Waals surface area contributed by atoms with Crippen LogP contribution in [0.25, 0.3) is 0 Å². The third kappa shape index (κ3) is 5.19. The molecule has 0 bridgehead atoms. The van der Waals surface area contributed by atoms with Gasteiger partial charge in [0.1, 0.15) is 17.2 Å². The van der Waals surface area contributed by atoms with E-state index >= 15 is 0 Å². The van der Waals surface area contributed by atoms with Crippen LogP contribution in [-0.4, -0.2) is 39.7 Å². The average Bonchev–Trinajstić information content (AvgIpc) is 3.55. The molecule has 0 saturated heterocycles. The van der Waals surface area contributed by atoms with E-state index in [4.69, 9.17) is 14.2 Å². The summed E-state index contributed by atoms with van der Waals surface area (Å²) < 4.78 is 15.6. The molecule has 1 fully saturated rings. The minimum atomic E-state index is -0.321. The molecule has 0 spiro atoms. The van der Waals surface area contributed by atoms with Gasteiger partial charge in [-0.2, -0.15) is 0 Å². The standard InChI is InChI=1S/C22H26N2O5/c1-27-15-6-4-5-14(11-15)9-10-23-21(25)17-13-18(17)22(26)24-19-8-7-16(28-2)12-20(19)29-3/h4-8,11-12,17-18H,9-10,13H2,1-3H3,(H,23,25)(H,24,26). The number of carbonyl (C=O) groups is 2. The van der Waals surface area contributed by atoms with Gasteiger partial charge in [-0.1, -0.05) is 12.1 Å². The molecular formula is C22H26N2O5. The van der Waals surface area contributed by atoms with Crippen LogP contribution in [0, 0.1) is 11.8 Å². The number of amides is 2. The molecule has 1 aliphatic carbocycles. The smallest absolute Gasteiger partial charge is 0.228 e. The maximum Gasteiger partial charge on any atom is 0.228 e. The third-order valence-corrected chi connectivity index (χ3v) is 4.98. The van der Waals surface area contributed by atoms with Crippen molar-refractivity contribution < 1.29 is 23.8 Å². The largest absolute Gasteiger partial charge is 0.497 e. The van der Waals surface area contributed by atoms with E-state index in [0.29, 0.717) is 36.6 Å². The fraction of sp³-hybridized carbons (Fsp3) is 0.364. The van der Waals surface area contributed by atoms with Crippen LogP contribution in [0.1, 0.15) is 12.0 Å². The number of hydrogen-bond donors (Lipinski definition) is 2. The molecule has 2 aromatic rings. The van der Waals surface area contributed by atoms with Gasteiger partial charge in [-0.15, -0.1) is 0 Å². The molecule has 154 valence electrons. The van der Waals surface area contributed by atoms with Crippen LogP contribution in [0.3, 0.4) is 0 Å². The Morgan fingerprint density at radius 3 is 2.38 bits per heavy atom. The van der Waals surface area contributed by atoms with Crippen molar-refractivity contribution in [2.24, 2.45) is 11.8 Å². The number of rotatable bonds is 9. The van der Waals surface area contributed by atoms with Crippen LogP contribution in [0.4, 0.5) is 5.69 Å². The lowest BCUT2D eigenvalue weighted by atomic mass is 10.1. The van der Waals surface area contributed by atoms with Gasteiger partial charge < -0.3 is 24.8 Å². The van der Waals surface area contributed by atoms with Gasteiger partial charge in [-0.05, 0) is 42.7 Å². The Balaban J connectivity index is 1.47. The van der Waals surface area contributed by atoms with Gasteiger partial charge >= 0.3 is 0 Å². The Hall–Kier alpha value is -3.22. The summed E-state index contributed by atoms with van der Waals surface area (Å²) in [6, 6.07) is 12.9. The van der Waals surface area contributed by atoms with E-state index in [0.717, 1.165) is 11.3 Å². The van der Waals surface area contributed by atoms with Crippen molar-refractivity contribution in [3.05, 3.63) is 48.0 Å². The number of carbonyl (C=O) groups excluding carboxylic acids is 2. The monoisotopic (exact) mass is 398 g/mol. The second-order valence-corrected chi connectivity index (χ2v) is 6.90. The van der Waals surface area contributed by atoms with Crippen LogP contribution in [0.2, 0.25) is 0 Å². The highest BCUT2D eigenvalue weighted by Crippen LogP contribution is 2.40. The fourth-order valence-corrected chi connectivity index (χ4v) is 3.19. The lowest BCUT2D eigenvalue weighted by Gasteiger charge is -2.11. The fourth-order valence-electron chi connectivity index (χ4n) is 3.19. The first kappa shape index (κ1) is 20.5. The van der Waals surface area contributed by atoms with Crippen molar-refractivity contribution in [1.82, 2.24) is 5.32 Å². The number of methoxy groups -OCH3 is 3. The van der Waals surface area contributed by atoms with Crippen molar-refractivity contribution in [1.29, 1.82) is 0 Å². The lowest BCUT2D eigenvalue weighted by molar-refractivity contribution is -0.125. The highest BCUT2D eigenvalue weighted by molar-refractivity contribution is 6.00. The molecule has 2 N–H and O–H groups in total. The zero-order valence-corrected chi connectivity index (χ0v) is 16.9. The Morgan fingerprint density at radius 1 is 0.931 bits per heavy atom. The Bertz CT molecular complexity index is 883. The Morgan fingerprint density at radius 2 is 1.66 bits per heavy atom. The summed E-state index contributed by atoms with van der Waals surface area (Å²) in [7, 11) is 4.72. The number of hydrogen-bond acceptors (Lipinski definition) is 5. The summed E-state index contributed by atoms with van der Waals surface area (Å²) in [5.74, 6) is 1.07. The summed E-state index contributed by atoms with van der Waals surface area (Å²) in [5.41, 5.74) is 1.64. The zero-order chi connectivity index (χ0) is 20.8. The second-order valence-electron chi connectivity index (χ2n) is 6.90. The van der Waals surface area contributed by atoms with Crippen LogP contribution in [-0.2, 0) is 16.0 Å². The first-order chi connectivity index (χ1) is 14.0. The maximum atomic E-state index is 12.5. The van der Waals surface area contributed by atoms with E-state index in [1.54, 1.807) is 32.4 Å². The highest BCUT2D eigenvalue weighted by atomic mass is 16.5. The molecule has 1 saturated carbocycles. The molecule has 2 unspecified atom stereocenters. The molecule has 0 aliphatic heterocycles. The molecular weight excluding hydrogens is 372 g/mol. The topological polar surface area (TPSA) is 85.9 Å². The van der Waals surface area contributed by atoms with Gasteiger partial charge in [0, 0.05) is 12.6 Å². The van der Waals surface area contributed by atoms with Gasteiger partial charge in [0.15, 0.2) is 0 Å². The van der Waals surface area contributed by atoms with E-state index in [2.05, 4.69) is 10.6 Å². The first-order valence-corrected chi connectivity index (χ1v) is 9.49. The Kier molecular flexibility index (Phi) is 6.59. The second kappa shape index (κ2) is 9.32. The Labute approximate surface area is 170 Å². The first-order valence-electron chi connectivity index (χ1n) is 9.49. The van der Waals surface area contributed by atoms with Gasteiger partial charge in [-0.3, -0.25) is 9.59 Å². The van der Waals surface area contributed by atoms with Crippen molar-refractivity contribution in [2.75, 3.05) is 33.2 Å². The molecule has 7 nitrogen and oxygen atoms in total. The maximum absolute atomic E-state index is 12.5. The van der Waals surface area contributed by atoms with Gasteiger partial charge in [0.2, 0.25) is 11.8 Å². The highest BCUT2D eigenvalue weighted by Gasteiger charge is 2.48. The van der Waals surface area contributed by atoms with Crippen molar-refractivity contribution in [3.63, 3.8) is 0 Å². The molecule has 2 aromatic carbocycles. The summed E-state index contributed by atoms with van der Waals surface area (Å²) in [4.78, 5) is 24.8. The molecule has 0 radical (unpaired) electrons. The zero-order valence-electron chi connectivity index (χ0n) is 16.9. The number of nitrogens with one attached hydrogen (secondary N) is 2. The third-order valence-electron chi connectivity index (χ3n) is 4.98. The van der Waals surface area contributed by atoms with E-state index in [9.17, 15) is 9.59 Å². The minimum Gasteiger partial charge on any atom is -0.497 e. The molecule has 1 aliphatic rings. The molecule has 29 heavy (non-hydrogen) atoms. The normalized spacial score (nSPS) is 17.2. The summed E-state index contributed by atoms with van der Waals surface area (Å²) in [6.07, 6.45) is 1.25. The van der Waals surface area contributed by atoms with Crippen LogP contribution >= 0.6 is 0 Å². The number of ether oxygens (including phenoxy) is 3. The SMILES string of the molecule is COc1cccc(CCNC(=O)C2CC2C(=O)Nc2ccc(OC)cc2OC)c1. The van der Waals surface area contributed by atoms with Crippen LogP contribution < -0.4 is 24.8 Å². The predicted octanol–water partition coefficient (Wildman–Crippen LogP) is 2.65. The average molecular weight is 398 g/mol. The molecule has 2 amide bonds. The van der Waals surface area contributed by atoms with Gasteiger partial charge in [-0.25, -0.2) is 0 Å². The van der Waals surface area contributed by atoms with Crippen molar-refractivity contribution in [2.45, 2.75) is 12.8 Å². The molecule has 7 heteroatoms. The number of benzene rings is 2. The minimum absolute atomic E-state index is 0.0882. The van der Waals surface area contributed by atoms with E-state index in [1.165, 1.54) is 7.11 Å². The lowest BCUT2D eigenvalue weighted by Crippen LogP contribution is -2.29. The van der Waals surface area contributed by atoms with Crippen molar-refractivity contribution in [3.8, 4) is 17.2 Å². The summed E-state index contributed by atoms with van der Waals surface area (Å²) in [5, 5.41) is 5.76. The van der Waals surface area contributed by atoms with E-state index in [1.807, 2.05) is 24.3 Å². The predicted molar refractivity (Wildman–Crippen MR) is 109 cm³/mol. The van der Waals surface area contributed by atoms with E-state index in [-0.39, 0.29) is 23.7 Å². The summed E-state index contributed by atoms with van der Waals surface area (Å²) in [6.45, 7) is 0.517. The molecule has 0 aromatic heterocycles.